The van der Waals surface area contributed by atoms with Crippen LogP contribution < -0.4 is 12.5 Å². The summed E-state index contributed by atoms with van der Waals surface area (Å²) in [5.74, 6) is 0. The average molecular weight is 439 g/mol. The van der Waals surface area contributed by atoms with Crippen LogP contribution in [0.2, 0.25) is 0 Å². The van der Waals surface area contributed by atoms with Gasteiger partial charge in [-0.2, -0.15) is 0 Å². The summed E-state index contributed by atoms with van der Waals surface area (Å²) < 4.78 is 2.27. The quantitative estimate of drug-likeness (QED) is 0.522. The van der Waals surface area contributed by atoms with E-state index in [9.17, 15) is 0 Å². The van der Waals surface area contributed by atoms with Crippen molar-refractivity contribution in [3.8, 4) is 0 Å². The van der Waals surface area contributed by atoms with Crippen LogP contribution in [0, 0.1) is 0 Å². The van der Waals surface area contributed by atoms with Crippen LogP contribution in [0.15, 0.2) is 91.0 Å². The first-order valence-corrected chi connectivity index (χ1v) is 16.0. The second kappa shape index (κ2) is 5.08. The third kappa shape index (κ3) is 2.23. The van der Waals surface area contributed by atoms with Crippen molar-refractivity contribution < 1.29 is 9.45 Å². The molecule has 0 N–H and O–H groups in total. The first kappa shape index (κ1) is 16.0. The molecule has 3 aromatic carbocycles. The van der Waals surface area contributed by atoms with E-state index in [1.54, 1.807) is 0 Å². The molecule has 0 saturated heterocycles. The van der Waals surface area contributed by atoms with E-state index < -0.39 is 9.45 Å². The molecular formula is C18H15Cl3Ru. The van der Waals surface area contributed by atoms with E-state index in [1.165, 1.54) is 0 Å². The van der Waals surface area contributed by atoms with E-state index >= 15 is 0 Å². The Labute approximate surface area is 141 Å². The van der Waals surface area contributed by atoms with E-state index in [2.05, 4.69) is 0 Å². The summed E-state index contributed by atoms with van der Waals surface area (Å²) in [6.07, 6.45) is 0. The van der Waals surface area contributed by atoms with Gasteiger partial charge in [0.15, 0.2) is 0 Å². The molecular weight excluding hydrogens is 424 g/mol. The van der Waals surface area contributed by atoms with E-state index in [-0.39, 0.29) is 0 Å². The number of rotatable bonds is 3. The zero-order valence-corrected chi connectivity index (χ0v) is 15.7. The van der Waals surface area contributed by atoms with E-state index in [0.717, 1.165) is 12.5 Å². The van der Waals surface area contributed by atoms with Gasteiger partial charge in [0.05, 0.1) is 0 Å². The number of hydrogen-bond acceptors (Lipinski definition) is 0. The van der Waals surface area contributed by atoms with Gasteiger partial charge in [-0.25, -0.2) is 0 Å². The van der Waals surface area contributed by atoms with Gasteiger partial charge in [0.2, 0.25) is 0 Å². The Morgan fingerprint density at radius 2 is 0.636 bits per heavy atom. The maximum absolute atomic E-state index is 7.33. The molecule has 0 amide bonds. The minimum absolute atomic E-state index is 0.757. The van der Waals surface area contributed by atoms with Gasteiger partial charge < -0.3 is 0 Å². The maximum atomic E-state index is 7.33. The van der Waals surface area contributed by atoms with Gasteiger partial charge in [0, 0.05) is 0 Å². The fourth-order valence-corrected chi connectivity index (χ4v) is 13.5. The Morgan fingerprint density at radius 3 is 0.864 bits per heavy atom. The van der Waals surface area contributed by atoms with Crippen LogP contribution in [-0.2, 0) is 9.45 Å². The van der Waals surface area contributed by atoms with Crippen LogP contribution >= 0.6 is 29.1 Å². The Morgan fingerprint density at radius 1 is 0.409 bits per heavy atom. The number of hydrogen-bond donors (Lipinski definition) is 0. The molecule has 0 aliphatic rings. The van der Waals surface area contributed by atoms with Crippen LogP contribution in [0.1, 0.15) is 0 Å². The normalized spacial score (nSPS) is 14.9. The molecule has 0 fully saturated rings. The first-order valence-electron chi connectivity index (χ1n) is 6.66. The number of benzene rings is 3. The van der Waals surface area contributed by atoms with Gasteiger partial charge in [0.1, 0.15) is 0 Å². The predicted molar refractivity (Wildman–Crippen MR) is 95.8 cm³/mol. The fourth-order valence-electron chi connectivity index (χ4n) is 2.34. The standard InChI is InChI=1S/3C6H5.3ClH.Ru/c3*1-2-4-6-5-3-1;;;;/h3*1-5H;3*1H;/q;;;;;;+3/p-3. The fraction of sp³-hybridized carbons (Fsp3) is 0. The monoisotopic (exact) mass is 438 g/mol. The van der Waals surface area contributed by atoms with Gasteiger partial charge in [-0.05, 0) is 0 Å². The zero-order valence-electron chi connectivity index (χ0n) is 11.6. The summed E-state index contributed by atoms with van der Waals surface area (Å²) in [5.41, 5.74) is 0. The molecule has 0 spiro atoms. The van der Waals surface area contributed by atoms with Crippen molar-refractivity contribution in [3.05, 3.63) is 91.0 Å². The second-order valence-corrected chi connectivity index (χ2v) is 27.2. The van der Waals surface area contributed by atoms with Crippen LogP contribution in [0.5, 0.6) is 0 Å². The molecule has 0 nitrogen and oxygen atoms in total. The molecule has 4 heteroatoms. The molecule has 0 unspecified atom stereocenters. The van der Waals surface area contributed by atoms with Gasteiger partial charge in [-0.3, -0.25) is 0 Å². The van der Waals surface area contributed by atoms with Crippen molar-refractivity contribution in [1.29, 1.82) is 0 Å². The van der Waals surface area contributed by atoms with Gasteiger partial charge in [-0.1, -0.05) is 0 Å². The molecule has 0 bridgehead atoms. The van der Waals surface area contributed by atoms with Crippen LogP contribution in [0.3, 0.4) is 0 Å². The average Bonchev–Trinajstić information content (AvgIpc) is 2.58. The van der Waals surface area contributed by atoms with Gasteiger partial charge >= 0.3 is 142 Å². The number of halogens is 3. The van der Waals surface area contributed by atoms with Crippen molar-refractivity contribution in [1.82, 2.24) is 0 Å². The summed E-state index contributed by atoms with van der Waals surface area (Å²) in [6.45, 7) is 0. The SMILES string of the molecule is [Cl][Ru]([Cl])([Cl])([c]1ccccc1)([c]1ccccc1)[c]1ccccc1. The molecule has 0 saturated carbocycles. The van der Waals surface area contributed by atoms with Crippen molar-refractivity contribution in [2.24, 2.45) is 0 Å². The third-order valence-corrected chi connectivity index (χ3v) is 19.9. The Hall–Kier alpha value is -0.847. The van der Waals surface area contributed by atoms with Crippen LogP contribution in [0.25, 0.3) is 0 Å². The Bertz CT molecular complexity index is 682. The minimum atomic E-state index is -5.27. The molecule has 116 valence electrons. The van der Waals surface area contributed by atoms with Crippen LogP contribution in [-0.4, -0.2) is 0 Å². The molecule has 0 aliphatic carbocycles. The zero-order chi connectivity index (χ0) is 15.7. The van der Waals surface area contributed by atoms with Crippen molar-refractivity contribution >= 4 is 41.5 Å². The summed E-state index contributed by atoms with van der Waals surface area (Å²) >= 11 is 0. The summed E-state index contributed by atoms with van der Waals surface area (Å²) in [6, 6.07) is 28.7. The van der Waals surface area contributed by atoms with Crippen molar-refractivity contribution in [2.45, 2.75) is 0 Å². The second-order valence-electron chi connectivity index (χ2n) is 4.86. The van der Waals surface area contributed by atoms with Crippen molar-refractivity contribution in [2.75, 3.05) is 0 Å². The molecule has 3 aromatic rings. The Balaban J connectivity index is 2.49. The van der Waals surface area contributed by atoms with E-state index in [1.807, 2.05) is 91.0 Å². The molecule has 0 radical (unpaired) electrons. The third-order valence-electron chi connectivity index (χ3n) is 3.48. The van der Waals surface area contributed by atoms with Crippen LogP contribution in [0.4, 0.5) is 0 Å². The van der Waals surface area contributed by atoms with Gasteiger partial charge in [-0.15, -0.1) is 0 Å². The van der Waals surface area contributed by atoms with Gasteiger partial charge in [0.25, 0.3) is 0 Å². The topological polar surface area (TPSA) is 0 Å². The van der Waals surface area contributed by atoms with Crippen molar-refractivity contribution in [3.63, 3.8) is 0 Å². The molecule has 0 aromatic heterocycles. The summed E-state index contributed by atoms with van der Waals surface area (Å²) in [7, 11) is 16.7. The molecule has 3 rings (SSSR count). The molecule has 0 aliphatic heterocycles. The summed E-state index contributed by atoms with van der Waals surface area (Å²) in [5, 5.41) is 0. The van der Waals surface area contributed by atoms with E-state index in [4.69, 9.17) is 29.1 Å². The first-order chi connectivity index (χ1) is 10.4. The predicted octanol–water partition coefficient (Wildman–Crippen LogP) is 4.65. The molecule has 0 heterocycles. The molecule has 22 heavy (non-hydrogen) atoms. The Kier molecular flexibility index (Phi) is 3.70. The molecule has 0 atom stereocenters. The summed E-state index contributed by atoms with van der Waals surface area (Å²) in [4.78, 5) is 0. The van der Waals surface area contributed by atoms with E-state index in [0.29, 0.717) is 0 Å².